The van der Waals surface area contributed by atoms with Crippen LogP contribution in [0.3, 0.4) is 0 Å². The summed E-state index contributed by atoms with van der Waals surface area (Å²) in [6, 6.07) is 5.77. The van der Waals surface area contributed by atoms with Crippen molar-refractivity contribution in [3.63, 3.8) is 0 Å². The fourth-order valence-electron chi connectivity index (χ4n) is 1.77. The summed E-state index contributed by atoms with van der Waals surface area (Å²) in [6.07, 6.45) is 5.39. The molecule has 3 rings (SSSR count). The molecule has 0 spiro atoms. The van der Waals surface area contributed by atoms with E-state index in [1.165, 1.54) is 4.68 Å². The van der Waals surface area contributed by atoms with E-state index >= 15 is 0 Å². The Hall–Kier alpha value is -1.47. The fraction of sp³-hybridized carbons (Fsp3) is 0.0833. The van der Waals surface area contributed by atoms with Gasteiger partial charge in [-0.3, -0.25) is 4.79 Å². The van der Waals surface area contributed by atoms with Crippen LogP contribution in [0.15, 0.2) is 50.5 Å². The zero-order chi connectivity index (χ0) is 13.4. The summed E-state index contributed by atoms with van der Waals surface area (Å²) < 4.78 is 4.39. The Bertz CT molecular complexity index is 776. The molecule has 0 fully saturated rings. The van der Waals surface area contributed by atoms with Crippen molar-refractivity contribution in [2.75, 3.05) is 0 Å². The van der Waals surface area contributed by atoms with Gasteiger partial charge in [0.25, 0.3) is 5.56 Å². The van der Waals surface area contributed by atoms with E-state index in [2.05, 4.69) is 41.9 Å². The second-order valence-electron chi connectivity index (χ2n) is 3.97. The Morgan fingerprint density at radius 2 is 2.11 bits per heavy atom. The SMILES string of the molecule is O=c1c(Br)c(Br)cnn1Cc1cn2ccccc2n1. The van der Waals surface area contributed by atoms with E-state index in [1.54, 1.807) is 6.20 Å². The van der Waals surface area contributed by atoms with Crippen molar-refractivity contribution in [2.45, 2.75) is 6.54 Å². The Balaban J connectivity index is 2.01. The topological polar surface area (TPSA) is 52.2 Å². The van der Waals surface area contributed by atoms with Crippen LogP contribution in [0.2, 0.25) is 0 Å². The highest BCUT2D eigenvalue weighted by atomic mass is 79.9. The van der Waals surface area contributed by atoms with Gasteiger partial charge < -0.3 is 4.40 Å². The number of fused-ring (bicyclic) bond motifs is 1. The molecule has 0 aliphatic carbocycles. The van der Waals surface area contributed by atoms with E-state index in [4.69, 9.17) is 0 Å². The van der Waals surface area contributed by atoms with E-state index in [0.29, 0.717) is 15.5 Å². The fourth-order valence-corrected chi connectivity index (χ4v) is 2.34. The van der Waals surface area contributed by atoms with Crippen LogP contribution in [0.25, 0.3) is 5.65 Å². The molecule has 0 aliphatic heterocycles. The van der Waals surface area contributed by atoms with Crippen LogP contribution in [0.4, 0.5) is 0 Å². The molecular formula is C12H8Br2N4O. The average Bonchev–Trinajstić information content (AvgIpc) is 2.82. The third-order valence-corrected chi connectivity index (χ3v) is 4.57. The number of pyridine rings is 1. The van der Waals surface area contributed by atoms with Gasteiger partial charge in [0.15, 0.2) is 0 Å². The van der Waals surface area contributed by atoms with Crippen molar-refractivity contribution in [1.29, 1.82) is 0 Å². The minimum atomic E-state index is -0.188. The quantitative estimate of drug-likeness (QED) is 0.683. The van der Waals surface area contributed by atoms with Gasteiger partial charge in [-0.1, -0.05) is 6.07 Å². The van der Waals surface area contributed by atoms with Crippen LogP contribution >= 0.6 is 31.9 Å². The molecule has 0 bridgehead atoms. The number of imidazole rings is 1. The molecule has 0 N–H and O–H groups in total. The number of rotatable bonds is 2. The van der Waals surface area contributed by atoms with Crippen molar-refractivity contribution in [1.82, 2.24) is 19.2 Å². The average molecular weight is 384 g/mol. The first-order chi connectivity index (χ1) is 9.15. The van der Waals surface area contributed by atoms with Crippen molar-refractivity contribution >= 4 is 37.5 Å². The number of aromatic nitrogens is 4. The molecule has 0 amide bonds. The Morgan fingerprint density at radius 1 is 1.26 bits per heavy atom. The summed E-state index contributed by atoms with van der Waals surface area (Å²) in [7, 11) is 0. The molecule has 19 heavy (non-hydrogen) atoms. The second kappa shape index (κ2) is 4.90. The van der Waals surface area contributed by atoms with Crippen LogP contribution in [0, 0.1) is 0 Å². The highest BCUT2D eigenvalue weighted by molar-refractivity contribution is 9.13. The lowest BCUT2D eigenvalue weighted by Crippen LogP contribution is -2.24. The molecule has 0 unspecified atom stereocenters. The molecule has 7 heteroatoms. The van der Waals surface area contributed by atoms with Crippen molar-refractivity contribution in [3.05, 3.63) is 61.8 Å². The maximum atomic E-state index is 12.0. The van der Waals surface area contributed by atoms with Gasteiger partial charge in [0, 0.05) is 12.4 Å². The first-order valence-electron chi connectivity index (χ1n) is 5.49. The highest BCUT2D eigenvalue weighted by Crippen LogP contribution is 2.16. The van der Waals surface area contributed by atoms with E-state index in [9.17, 15) is 4.79 Å². The highest BCUT2D eigenvalue weighted by Gasteiger charge is 2.08. The minimum absolute atomic E-state index is 0.188. The normalized spacial score (nSPS) is 11.1. The number of hydrogen-bond donors (Lipinski definition) is 0. The van der Waals surface area contributed by atoms with Crippen LogP contribution in [0.5, 0.6) is 0 Å². The lowest BCUT2D eigenvalue weighted by Gasteiger charge is -2.03. The zero-order valence-electron chi connectivity index (χ0n) is 9.62. The molecule has 0 aromatic carbocycles. The van der Waals surface area contributed by atoms with Gasteiger partial charge in [-0.05, 0) is 44.0 Å². The molecule has 0 radical (unpaired) electrons. The molecule has 0 saturated heterocycles. The number of halogens is 2. The molecule has 3 aromatic rings. The molecular weight excluding hydrogens is 376 g/mol. The Morgan fingerprint density at radius 3 is 2.89 bits per heavy atom. The van der Waals surface area contributed by atoms with E-state index in [1.807, 2.05) is 35.0 Å². The largest absolute Gasteiger partial charge is 0.307 e. The molecule has 3 heterocycles. The lowest BCUT2D eigenvalue weighted by molar-refractivity contribution is 0.624. The van der Waals surface area contributed by atoms with Crippen LogP contribution in [0.1, 0.15) is 5.69 Å². The van der Waals surface area contributed by atoms with Crippen LogP contribution < -0.4 is 5.56 Å². The minimum Gasteiger partial charge on any atom is -0.307 e. The lowest BCUT2D eigenvalue weighted by atomic mass is 10.4. The van der Waals surface area contributed by atoms with E-state index < -0.39 is 0 Å². The first kappa shape index (κ1) is 12.6. The second-order valence-corrected chi connectivity index (χ2v) is 5.61. The van der Waals surface area contributed by atoms with Crippen molar-refractivity contribution in [2.24, 2.45) is 0 Å². The monoisotopic (exact) mass is 382 g/mol. The molecule has 0 saturated carbocycles. The van der Waals surface area contributed by atoms with Gasteiger partial charge in [0.05, 0.1) is 22.9 Å². The molecule has 0 aliphatic rings. The standard InChI is InChI=1S/C12H8Br2N4O/c13-9-5-15-18(12(19)11(9)14)7-8-6-17-4-2-1-3-10(17)16-8/h1-6H,7H2. The smallest absolute Gasteiger partial charge is 0.282 e. The molecule has 0 atom stereocenters. The van der Waals surface area contributed by atoms with Gasteiger partial charge in [-0.15, -0.1) is 0 Å². The molecule has 5 nitrogen and oxygen atoms in total. The van der Waals surface area contributed by atoms with Gasteiger partial charge in [-0.2, -0.15) is 5.10 Å². The van der Waals surface area contributed by atoms with Crippen LogP contribution in [-0.4, -0.2) is 19.2 Å². The van der Waals surface area contributed by atoms with Gasteiger partial charge in [0.1, 0.15) is 10.1 Å². The van der Waals surface area contributed by atoms with Gasteiger partial charge in [0.2, 0.25) is 0 Å². The predicted molar refractivity (Wildman–Crippen MR) is 78.2 cm³/mol. The summed E-state index contributed by atoms with van der Waals surface area (Å²) in [5, 5.41) is 4.08. The molecule has 96 valence electrons. The van der Waals surface area contributed by atoms with Crippen LogP contribution in [-0.2, 0) is 6.54 Å². The van der Waals surface area contributed by atoms with Crippen molar-refractivity contribution in [3.8, 4) is 0 Å². The summed E-state index contributed by atoms with van der Waals surface area (Å²) in [5.74, 6) is 0. The molecule has 3 aromatic heterocycles. The third kappa shape index (κ3) is 2.35. The number of nitrogens with zero attached hydrogens (tertiary/aromatic N) is 4. The predicted octanol–water partition coefficient (Wildman–Crippen LogP) is 2.46. The van der Waals surface area contributed by atoms with Gasteiger partial charge in [-0.25, -0.2) is 9.67 Å². The third-order valence-electron chi connectivity index (χ3n) is 2.67. The summed E-state index contributed by atoms with van der Waals surface area (Å²) in [4.78, 5) is 16.4. The summed E-state index contributed by atoms with van der Waals surface area (Å²) >= 11 is 6.48. The maximum Gasteiger partial charge on any atom is 0.282 e. The van der Waals surface area contributed by atoms with E-state index in [0.717, 1.165) is 11.3 Å². The maximum absolute atomic E-state index is 12.0. The van der Waals surface area contributed by atoms with Crippen molar-refractivity contribution < 1.29 is 0 Å². The van der Waals surface area contributed by atoms with Gasteiger partial charge >= 0.3 is 0 Å². The summed E-state index contributed by atoms with van der Waals surface area (Å²) in [5.41, 5.74) is 1.45. The Kier molecular flexibility index (Phi) is 3.24. The number of hydrogen-bond acceptors (Lipinski definition) is 3. The van der Waals surface area contributed by atoms with E-state index in [-0.39, 0.29) is 5.56 Å². The summed E-state index contributed by atoms with van der Waals surface area (Å²) in [6.45, 7) is 0.340. The Labute approximate surface area is 125 Å². The zero-order valence-corrected chi connectivity index (χ0v) is 12.8. The first-order valence-corrected chi connectivity index (χ1v) is 7.07.